The van der Waals surface area contributed by atoms with Gasteiger partial charge in [-0.1, -0.05) is 48.7 Å². The lowest BCUT2D eigenvalue weighted by atomic mass is 10.1. The van der Waals surface area contributed by atoms with Crippen molar-refractivity contribution in [2.75, 3.05) is 5.88 Å². The van der Waals surface area contributed by atoms with E-state index in [2.05, 4.69) is 6.58 Å². The molecule has 2 aromatic carbocycles. The number of alkyl halides is 4. The zero-order valence-electron chi connectivity index (χ0n) is 12.7. The average Bonchev–Trinajstić information content (AvgIpc) is 2.55. The molecular formula is C18H16ClF3OS. The van der Waals surface area contributed by atoms with Crippen molar-refractivity contribution >= 4 is 23.4 Å². The van der Waals surface area contributed by atoms with Gasteiger partial charge >= 0.3 is 6.18 Å². The lowest BCUT2D eigenvalue weighted by molar-refractivity contribution is -0.137. The van der Waals surface area contributed by atoms with Gasteiger partial charge in [-0.15, -0.1) is 11.6 Å². The molecule has 0 amide bonds. The van der Waals surface area contributed by atoms with Crippen LogP contribution in [0.2, 0.25) is 0 Å². The average molecular weight is 373 g/mol. The van der Waals surface area contributed by atoms with Crippen LogP contribution in [0.15, 0.2) is 65.4 Å². The van der Waals surface area contributed by atoms with E-state index in [9.17, 15) is 13.2 Å². The zero-order valence-corrected chi connectivity index (χ0v) is 14.3. The Balaban J connectivity index is 2.35. The molecule has 1 atom stereocenters. The van der Waals surface area contributed by atoms with E-state index in [0.29, 0.717) is 17.2 Å². The van der Waals surface area contributed by atoms with Crippen LogP contribution in [0.3, 0.4) is 0 Å². The smallest absolute Gasteiger partial charge is 0.416 e. The maximum Gasteiger partial charge on any atom is 0.416 e. The molecule has 2 rings (SSSR count). The van der Waals surface area contributed by atoms with Crippen molar-refractivity contribution in [2.45, 2.75) is 23.6 Å². The lowest BCUT2D eigenvalue weighted by Crippen LogP contribution is -2.10. The first-order chi connectivity index (χ1) is 11.4. The second-order valence-corrected chi connectivity index (χ2v) is 6.39. The van der Waals surface area contributed by atoms with E-state index in [0.717, 1.165) is 29.5 Å². The number of benzene rings is 2. The van der Waals surface area contributed by atoms with Gasteiger partial charge < -0.3 is 4.74 Å². The number of hydrogen-bond donors (Lipinski definition) is 0. The molecule has 24 heavy (non-hydrogen) atoms. The summed E-state index contributed by atoms with van der Waals surface area (Å²) in [7, 11) is 0. The van der Waals surface area contributed by atoms with Crippen LogP contribution in [-0.2, 0) is 6.18 Å². The van der Waals surface area contributed by atoms with Gasteiger partial charge in [0.15, 0.2) is 0 Å². The molecule has 0 aliphatic heterocycles. The second-order valence-electron chi connectivity index (χ2n) is 4.97. The first-order valence-corrected chi connectivity index (χ1v) is 8.63. The molecule has 1 nitrogen and oxygen atoms in total. The molecule has 0 aliphatic carbocycles. The lowest BCUT2D eigenvalue weighted by Gasteiger charge is -2.20. The number of rotatable bonds is 7. The summed E-state index contributed by atoms with van der Waals surface area (Å²) in [5, 5.41) is 1.48. The molecule has 128 valence electrons. The highest BCUT2D eigenvalue weighted by Crippen LogP contribution is 2.37. The highest BCUT2D eigenvalue weighted by atomic mass is 35.5. The van der Waals surface area contributed by atoms with Crippen LogP contribution >= 0.6 is 23.4 Å². The molecule has 0 saturated carbocycles. The highest BCUT2D eigenvalue weighted by Gasteiger charge is 2.31. The maximum atomic E-state index is 13.1. The van der Waals surface area contributed by atoms with Crippen LogP contribution in [0, 0.1) is 0 Å². The van der Waals surface area contributed by atoms with E-state index in [1.54, 1.807) is 6.07 Å². The summed E-state index contributed by atoms with van der Waals surface area (Å²) in [5.74, 6) is 0.500. The largest absolute Gasteiger partial charge is 0.486 e. The Morgan fingerprint density at radius 3 is 2.46 bits per heavy atom. The minimum absolute atomic E-state index is 0.160. The third kappa shape index (κ3) is 5.21. The summed E-state index contributed by atoms with van der Waals surface area (Å²) in [6.07, 6.45) is -4.36. The van der Waals surface area contributed by atoms with Crippen molar-refractivity contribution in [1.82, 2.24) is 0 Å². The minimum atomic E-state index is -4.44. The third-order valence-electron chi connectivity index (χ3n) is 3.25. The molecule has 1 unspecified atom stereocenters. The first-order valence-electron chi connectivity index (χ1n) is 7.21. The van der Waals surface area contributed by atoms with Crippen LogP contribution < -0.4 is 4.74 Å². The van der Waals surface area contributed by atoms with Crippen molar-refractivity contribution in [3.63, 3.8) is 0 Å². The monoisotopic (exact) mass is 372 g/mol. The Morgan fingerprint density at radius 2 is 1.88 bits per heavy atom. The van der Waals surface area contributed by atoms with E-state index in [1.165, 1.54) is 5.41 Å². The van der Waals surface area contributed by atoms with Crippen molar-refractivity contribution < 1.29 is 17.9 Å². The van der Waals surface area contributed by atoms with Gasteiger partial charge in [-0.2, -0.15) is 13.2 Å². The van der Waals surface area contributed by atoms with Gasteiger partial charge in [0, 0.05) is 17.2 Å². The third-order valence-corrected chi connectivity index (χ3v) is 4.14. The number of hydrogen-bond acceptors (Lipinski definition) is 2. The Morgan fingerprint density at radius 1 is 1.17 bits per heavy atom. The van der Waals surface area contributed by atoms with Gasteiger partial charge in [0.1, 0.15) is 11.9 Å². The summed E-state index contributed by atoms with van der Waals surface area (Å²) >= 11 is 6.93. The van der Waals surface area contributed by atoms with Crippen LogP contribution in [0.5, 0.6) is 5.75 Å². The van der Waals surface area contributed by atoms with Crippen LogP contribution in [0.25, 0.3) is 0 Å². The molecule has 0 saturated heterocycles. The molecule has 0 spiro atoms. The van der Waals surface area contributed by atoms with E-state index in [1.807, 2.05) is 30.3 Å². The molecule has 0 N–H and O–H groups in total. The van der Waals surface area contributed by atoms with E-state index >= 15 is 0 Å². The number of thioether (sulfide) groups is 1. The van der Waals surface area contributed by atoms with Gasteiger partial charge in [-0.05, 0) is 29.2 Å². The van der Waals surface area contributed by atoms with Gasteiger partial charge in [0.25, 0.3) is 0 Å². The second kappa shape index (κ2) is 8.49. The predicted molar refractivity (Wildman–Crippen MR) is 92.6 cm³/mol. The predicted octanol–water partition coefficient (Wildman–Crippen LogP) is 6.69. The van der Waals surface area contributed by atoms with Gasteiger partial charge in [-0.3, -0.25) is 0 Å². The van der Waals surface area contributed by atoms with Gasteiger partial charge in [0.05, 0.1) is 5.56 Å². The van der Waals surface area contributed by atoms with Crippen molar-refractivity contribution in [1.29, 1.82) is 0 Å². The number of ether oxygens (including phenoxy) is 1. The molecule has 0 radical (unpaired) electrons. The fourth-order valence-corrected chi connectivity index (χ4v) is 2.96. The highest BCUT2D eigenvalue weighted by molar-refractivity contribution is 8.02. The molecular weight excluding hydrogens is 357 g/mol. The van der Waals surface area contributed by atoms with Gasteiger partial charge in [0.2, 0.25) is 0 Å². The molecule has 0 aromatic heterocycles. The summed E-state index contributed by atoms with van der Waals surface area (Å²) in [5.41, 5.74) is 0.121. The Hall–Kier alpha value is -1.59. The maximum absolute atomic E-state index is 13.1. The normalized spacial score (nSPS) is 12.7. The van der Waals surface area contributed by atoms with Crippen molar-refractivity contribution in [2.24, 2.45) is 0 Å². The summed E-state index contributed by atoms with van der Waals surface area (Å²) in [6.45, 7) is 3.54. The van der Waals surface area contributed by atoms with Crippen molar-refractivity contribution in [3.8, 4) is 5.75 Å². The van der Waals surface area contributed by atoms with Gasteiger partial charge in [-0.25, -0.2) is 0 Å². The summed E-state index contributed by atoms with van der Waals surface area (Å²) in [6, 6.07) is 13.0. The molecule has 0 fully saturated rings. The zero-order chi connectivity index (χ0) is 17.6. The van der Waals surface area contributed by atoms with E-state index in [4.69, 9.17) is 16.3 Å². The Bertz CT molecular complexity index is 674. The molecule has 0 bridgehead atoms. The first kappa shape index (κ1) is 18.7. The topological polar surface area (TPSA) is 9.23 Å². The van der Waals surface area contributed by atoms with E-state index in [-0.39, 0.29) is 5.75 Å². The van der Waals surface area contributed by atoms with E-state index < -0.39 is 17.8 Å². The van der Waals surface area contributed by atoms with Crippen LogP contribution in [0.1, 0.15) is 23.7 Å². The standard InChI is InChI=1S/C18H16ClF3OS/c1-2-24-16-11-14(18(20,21)22)10-15(12-16)23-17(8-9-19)13-6-4-3-5-7-13/h2-7,10-12,17H,1,8-9H2. The molecule has 0 aliphatic rings. The summed E-state index contributed by atoms with van der Waals surface area (Å²) < 4.78 is 45.1. The Labute approximate surface area is 148 Å². The number of halogens is 4. The van der Waals surface area contributed by atoms with Crippen molar-refractivity contribution in [3.05, 3.63) is 71.6 Å². The SMILES string of the molecule is C=CSc1cc(OC(CCCl)c2ccccc2)cc(C(F)(F)F)c1. The minimum Gasteiger partial charge on any atom is -0.486 e. The Kier molecular flexibility index (Phi) is 6.63. The molecule has 6 heteroatoms. The molecule has 0 heterocycles. The summed E-state index contributed by atoms with van der Waals surface area (Å²) in [4.78, 5) is 0.424. The van der Waals surface area contributed by atoms with Crippen LogP contribution in [0.4, 0.5) is 13.2 Å². The molecule has 2 aromatic rings. The fraction of sp³-hybridized carbons (Fsp3) is 0.222. The fourth-order valence-electron chi connectivity index (χ4n) is 2.19. The quantitative estimate of drug-likeness (QED) is 0.395. The van der Waals surface area contributed by atoms with Crippen LogP contribution in [-0.4, -0.2) is 5.88 Å².